The molecule has 0 fully saturated rings. The van der Waals surface area contributed by atoms with E-state index < -0.39 is 18.4 Å². The average Bonchev–Trinajstić information content (AvgIpc) is 2.36. The van der Waals surface area contributed by atoms with Gasteiger partial charge in [0.1, 0.15) is 6.54 Å². The van der Waals surface area contributed by atoms with Gasteiger partial charge < -0.3 is 20.5 Å². The molecule has 1 aromatic carbocycles. The number of anilines is 1. The molecule has 0 atom stereocenters. The first-order valence-electron chi connectivity index (χ1n) is 5.50. The minimum absolute atomic E-state index is 0.185. The van der Waals surface area contributed by atoms with Gasteiger partial charge in [0.15, 0.2) is 0 Å². The Morgan fingerprint density at radius 3 is 2.68 bits per heavy atom. The van der Waals surface area contributed by atoms with Crippen molar-refractivity contribution in [1.29, 1.82) is 0 Å². The van der Waals surface area contributed by atoms with E-state index in [4.69, 9.17) is 27.2 Å². The van der Waals surface area contributed by atoms with E-state index in [1.165, 1.54) is 30.2 Å². The van der Waals surface area contributed by atoms with Gasteiger partial charge in [-0.25, -0.2) is 0 Å². The van der Waals surface area contributed by atoms with Gasteiger partial charge >= 0.3 is 5.97 Å². The molecule has 0 saturated heterocycles. The van der Waals surface area contributed by atoms with Crippen LogP contribution in [0.4, 0.5) is 5.69 Å². The third-order valence-electron chi connectivity index (χ3n) is 2.42. The number of aliphatic carboxylic acids is 1. The van der Waals surface area contributed by atoms with E-state index >= 15 is 0 Å². The summed E-state index contributed by atoms with van der Waals surface area (Å²) in [5.41, 5.74) is 6.18. The van der Waals surface area contributed by atoms with E-state index in [9.17, 15) is 9.59 Å². The summed E-state index contributed by atoms with van der Waals surface area (Å²) in [5.74, 6) is -1.52. The van der Waals surface area contributed by atoms with Gasteiger partial charge in [0.2, 0.25) is 0 Å². The van der Waals surface area contributed by atoms with Gasteiger partial charge in [0, 0.05) is 19.2 Å². The lowest BCUT2D eigenvalue weighted by Crippen LogP contribution is -2.38. The number of carboxylic acid groups (broad SMARTS) is 1. The van der Waals surface area contributed by atoms with Crippen LogP contribution in [-0.4, -0.2) is 48.7 Å². The zero-order chi connectivity index (χ0) is 14.4. The molecule has 0 unspecified atom stereocenters. The summed E-state index contributed by atoms with van der Waals surface area (Å²) in [5, 5.41) is 9.14. The summed E-state index contributed by atoms with van der Waals surface area (Å²) in [4.78, 5) is 24.1. The number of benzene rings is 1. The van der Waals surface area contributed by atoms with Crippen LogP contribution in [-0.2, 0) is 9.53 Å². The standard InChI is InChI=1S/C12H15ClN2O4/c1-19-5-4-15(7-11(16)17)12(18)8-2-3-9(13)10(14)6-8/h2-3,6H,4-5,7,14H2,1H3,(H,16,17). The zero-order valence-electron chi connectivity index (χ0n) is 10.4. The molecule has 1 amide bonds. The lowest BCUT2D eigenvalue weighted by molar-refractivity contribution is -0.137. The van der Waals surface area contributed by atoms with Crippen molar-refractivity contribution in [3.05, 3.63) is 28.8 Å². The van der Waals surface area contributed by atoms with Gasteiger partial charge in [-0.2, -0.15) is 0 Å². The van der Waals surface area contributed by atoms with Crippen molar-refractivity contribution in [1.82, 2.24) is 4.90 Å². The Bertz CT molecular complexity index is 479. The predicted molar refractivity (Wildman–Crippen MR) is 71.3 cm³/mol. The molecule has 6 nitrogen and oxygen atoms in total. The lowest BCUT2D eigenvalue weighted by Gasteiger charge is -2.20. The van der Waals surface area contributed by atoms with Crippen LogP contribution in [0.2, 0.25) is 5.02 Å². The third kappa shape index (κ3) is 4.42. The summed E-state index contributed by atoms with van der Waals surface area (Å²) in [6.07, 6.45) is 0. The molecule has 0 aliphatic heterocycles. The van der Waals surface area contributed by atoms with Crippen LogP contribution in [0.25, 0.3) is 0 Å². The highest BCUT2D eigenvalue weighted by atomic mass is 35.5. The van der Waals surface area contributed by atoms with Crippen LogP contribution in [0.15, 0.2) is 18.2 Å². The van der Waals surface area contributed by atoms with E-state index in [0.29, 0.717) is 10.6 Å². The average molecular weight is 287 g/mol. The minimum atomic E-state index is -1.09. The number of rotatable bonds is 6. The predicted octanol–water partition coefficient (Wildman–Crippen LogP) is 1.10. The first-order chi connectivity index (χ1) is 8.95. The molecule has 19 heavy (non-hydrogen) atoms. The van der Waals surface area contributed by atoms with Gasteiger partial charge in [-0.1, -0.05) is 11.6 Å². The fraction of sp³-hybridized carbons (Fsp3) is 0.333. The smallest absolute Gasteiger partial charge is 0.323 e. The number of carbonyl (C=O) groups is 2. The van der Waals surface area contributed by atoms with Crippen molar-refractivity contribution < 1.29 is 19.4 Å². The van der Waals surface area contributed by atoms with Crippen LogP contribution in [0.5, 0.6) is 0 Å². The molecule has 0 bridgehead atoms. The number of amides is 1. The molecule has 1 rings (SSSR count). The van der Waals surface area contributed by atoms with Crippen molar-refractivity contribution in [2.24, 2.45) is 0 Å². The summed E-state index contributed by atoms with van der Waals surface area (Å²) in [7, 11) is 1.48. The number of hydrogen-bond acceptors (Lipinski definition) is 4. The first kappa shape index (κ1) is 15.3. The van der Waals surface area contributed by atoms with Crippen LogP contribution in [0.1, 0.15) is 10.4 Å². The number of ether oxygens (including phenoxy) is 1. The van der Waals surface area contributed by atoms with Gasteiger partial charge in [0.25, 0.3) is 5.91 Å². The Morgan fingerprint density at radius 2 is 2.16 bits per heavy atom. The van der Waals surface area contributed by atoms with E-state index in [-0.39, 0.29) is 18.8 Å². The quantitative estimate of drug-likeness (QED) is 0.764. The minimum Gasteiger partial charge on any atom is -0.480 e. The third-order valence-corrected chi connectivity index (χ3v) is 2.77. The highest BCUT2D eigenvalue weighted by molar-refractivity contribution is 6.33. The number of carbonyl (C=O) groups excluding carboxylic acids is 1. The molecule has 104 valence electrons. The van der Waals surface area contributed by atoms with Crippen molar-refractivity contribution in [2.75, 3.05) is 32.5 Å². The van der Waals surface area contributed by atoms with Crippen LogP contribution in [0.3, 0.4) is 0 Å². The first-order valence-corrected chi connectivity index (χ1v) is 5.88. The van der Waals surface area contributed by atoms with Crippen molar-refractivity contribution in [3.8, 4) is 0 Å². The SMILES string of the molecule is COCCN(CC(=O)O)C(=O)c1ccc(Cl)c(N)c1. The highest BCUT2D eigenvalue weighted by Crippen LogP contribution is 2.20. The fourth-order valence-electron chi connectivity index (χ4n) is 1.48. The maximum atomic E-state index is 12.2. The molecule has 0 heterocycles. The Morgan fingerprint density at radius 1 is 1.47 bits per heavy atom. The van der Waals surface area contributed by atoms with Crippen LogP contribution >= 0.6 is 11.6 Å². The molecular formula is C12H15ClN2O4. The summed E-state index contributed by atoms with van der Waals surface area (Å²) in [6.45, 7) is 0.0387. The number of nitrogens with zero attached hydrogens (tertiary/aromatic N) is 1. The van der Waals surface area contributed by atoms with Crippen molar-refractivity contribution in [3.63, 3.8) is 0 Å². The van der Waals surface area contributed by atoms with Gasteiger partial charge in [-0.15, -0.1) is 0 Å². The second-order valence-electron chi connectivity index (χ2n) is 3.85. The Hall–Kier alpha value is -1.79. The van der Waals surface area contributed by atoms with Crippen LogP contribution < -0.4 is 5.73 Å². The largest absolute Gasteiger partial charge is 0.480 e. The number of hydrogen-bond donors (Lipinski definition) is 2. The van der Waals surface area contributed by atoms with Gasteiger partial charge in [0.05, 0.1) is 17.3 Å². The van der Waals surface area contributed by atoms with Gasteiger partial charge in [-0.3, -0.25) is 9.59 Å². The van der Waals surface area contributed by atoms with E-state index in [1.54, 1.807) is 0 Å². The number of halogens is 1. The zero-order valence-corrected chi connectivity index (χ0v) is 11.2. The molecule has 3 N–H and O–H groups in total. The second kappa shape index (κ2) is 6.96. The summed E-state index contributed by atoms with van der Waals surface area (Å²) < 4.78 is 4.85. The molecule has 0 aliphatic rings. The molecular weight excluding hydrogens is 272 g/mol. The molecule has 0 aliphatic carbocycles. The lowest BCUT2D eigenvalue weighted by atomic mass is 10.1. The molecule has 1 aromatic rings. The van der Waals surface area contributed by atoms with Gasteiger partial charge in [-0.05, 0) is 18.2 Å². The summed E-state index contributed by atoms with van der Waals surface area (Å²) >= 11 is 5.77. The van der Waals surface area contributed by atoms with Crippen molar-refractivity contribution >= 4 is 29.2 Å². The molecule has 0 spiro atoms. The number of nitrogen functional groups attached to an aromatic ring is 1. The number of carboxylic acids is 1. The number of methoxy groups -OCH3 is 1. The van der Waals surface area contributed by atoms with Crippen molar-refractivity contribution in [2.45, 2.75) is 0 Å². The highest BCUT2D eigenvalue weighted by Gasteiger charge is 2.18. The number of nitrogens with two attached hydrogens (primary N) is 1. The molecule has 0 saturated carbocycles. The normalized spacial score (nSPS) is 10.2. The Balaban J connectivity index is 2.90. The topological polar surface area (TPSA) is 92.9 Å². The molecule has 0 radical (unpaired) electrons. The molecule has 0 aromatic heterocycles. The van der Waals surface area contributed by atoms with Crippen LogP contribution in [0, 0.1) is 0 Å². The monoisotopic (exact) mass is 286 g/mol. The summed E-state index contributed by atoms with van der Waals surface area (Å²) in [6, 6.07) is 4.42. The van der Waals surface area contributed by atoms with E-state index in [0.717, 1.165) is 0 Å². The second-order valence-corrected chi connectivity index (χ2v) is 4.26. The van der Waals surface area contributed by atoms with E-state index in [1.807, 2.05) is 0 Å². The Kier molecular flexibility index (Phi) is 5.59. The maximum Gasteiger partial charge on any atom is 0.323 e. The van der Waals surface area contributed by atoms with E-state index in [2.05, 4.69) is 0 Å². The molecule has 7 heteroatoms. The fourth-order valence-corrected chi connectivity index (χ4v) is 1.59. The Labute approximate surface area is 115 Å². The maximum absolute atomic E-state index is 12.2.